The van der Waals surface area contributed by atoms with Crippen LogP contribution in [0.4, 0.5) is 11.5 Å². The number of nitrogens with one attached hydrogen (secondary N) is 1. The topological polar surface area (TPSA) is 111 Å². The van der Waals surface area contributed by atoms with Gasteiger partial charge in [0.2, 0.25) is 11.7 Å². The SMILES string of the molecule is NC(=O)[C@@H]1CCCCC[C@@H]1Nc1ncc(Cl)cc1[N+](=O)[O-]. The number of nitrogens with zero attached hydrogens (tertiary/aromatic N) is 2. The summed E-state index contributed by atoms with van der Waals surface area (Å²) in [6, 6.07) is 1.00. The molecule has 0 saturated heterocycles. The van der Waals surface area contributed by atoms with Crippen molar-refractivity contribution < 1.29 is 9.72 Å². The Hall–Kier alpha value is -1.89. The Bertz CT molecular complexity index is 552. The van der Waals surface area contributed by atoms with Crippen molar-refractivity contribution in [3.63, 3.8) is 0 Å². The molecule has 1 amide bonds. The number of carbonyl (C=O) groups is 1. The second kappa shape index (κ2) is 6.71. The normalized spacial score (nSPS) is 22.3. The molecular weight excluding hydrogens is 296 g/mol. The van der Waals surface area contributed by atoms with Gasteiger partial charge in [-0.05, 0) is 12.8 Å². The van der Waals surface area contributed by atoms with Gasteiger partial charge in [0, 0.05) is 18.3 Å². The number of anilines is 1. The third kappa shape index (κ3) is 3.81. The van der Waals surface area contributed by atoms with Crippen molar-refractivity contribution in [3.8, 4) is 0 Å². The maximum Gasteiger partial charge on any atom is 0.312 e. The van der Waals surface area contributed by atoms with E-state index in [1.165, 1.54) is 12.3 Å². The molecule has 8 heteroatoms. The van der Waals surface area contributed by atoms with E-state index in [0.29, 0.717) is 6.42 Å². The summed E-state index contributed by atoms with van der Waals surface area (Å²) in [5.74, 6) is -0.599. The first kappa shape index (κ1) is 15.5. The molecule has 21 heavy (non-hydrogen) atoms. The molecule has 0 aliphatic heterocycles. The Morgan fingerprint density at radius 2 is 2.14 bits per heavy atom. The molecule has 0 bridgehead atoms. The van der Waals surface area contributed by atoms with Crippen LogP contribution >= 0.6 is 11.6 Å². The summed E-state index contributed by atoms with van der Waals surface area (Å²) in [7, 11) is 0. The summed E-state index contributed by atoms with van der Waals surface area (Å²) in [5, 5.41) is 14.3. The van der Waals surface area contributed by atoms with E-state index >= 15 is 0 Å². The van der Waals surface area contributed by atoms with Gasteiger partial charge in [-0.25, -0.2) is 4.98 Å². The number of amides is 1. The lowest BCUT2D eigenvalue weighted by molar-refractivity contribution is -0.384. The van der Waals surface area contributed by atoms with Crippen LogP contribution in [0, 0.1) is 16.0 Å². The fourth-order valence-electron chi connectivity index (χ4n) is 2.68. The summed E-state index contributed by atoms with van der Waals surface area (Å²) >= 11 is 5.74. The average molecular weight is 313 g/mol. The molecule has 114 valence electrons. The zero-order valence-electron chi connectivity index (χ0n) is 11.4. The number of pyridine rings is 1. The summed E-state index contributed by atoms with van der Waals surface area (Å²) in [6.45, 7) is 0. The molecule has 0 spiro atoms. The predicted octanol–water partition coefficient (Wildman–Crippen LogP) is 2.49. The van der Waals surface area contributed by atoms with Gasteiger partial charge in [-0.2, -0.15) is 0 Å². The first-order valence-corrected chi connectivity index (χ1v) is 7.22. The Morgan fingerprint density at radius 1 is 1.43 bits per heavy atom. The van der Waals surface area contributed by atoms with Crippen LogP contribution in [0.3, 0.4) is 0 Å². The van der Waals surface area contributed by atoms with Crippen LogP contribution in [0.2, 0.25) is 5.02 Å². The number of carbonyl (C=O) groups excluding carboxylic acids is 1. The third-order valence-corrected chi connectivity index (χ3v) is 3.94. The van der Waals surface area contributed by atoms with Crippen molar-refractivity contribution in [3.05, 3.63) is 27.4 Å². The minimum absolute atomic E-state index is 0.127. The van der Waals surface area contributed by atoms with Gasteiger partial charge < -0.3 is 11.1 Å². The highest BCUT2D eigenvalue weighted by molar-refractivity contribution is 6.30. The summed E-state index contributed by atoms with van der Waals surface area (Å²) in [6.07, 6.45) is 5.67. The summed E-state index contributed by atoms with van der Waals surface area (Å²) in [4.78, 5) is 26.1. The predicted molar refractivity (Wildman–Crippen MR) is 79.1 cm³/mol. The van der Waals surface area contributed by atoms with Gasteiger partial charge in [-0.1, -0.05) is 30.9 Å². The van der Waals surface area contributed by atoms with Gasteiger partial charge in [0.25, 0.3) is 0 Å². The molecule has 1 saturated carbocycles. The molecule has 1 aliphatic rings. The van der Waals surface area contributed by atoms with Crippen molar-refractivity contribution in [2.75, 3.05) is 5.32 Å². The number of halogens is 1. The van der Waals surface area contributed by atoms with E-state index in [9.17, 15) is 14.9 Å². The van der Waals surface area contributed by atoms with E-state index in [2.05, 4.69) is 10.3 Å². The highest BCUT2D eigenvalue weighted by atomic mass is 35.5. The molecule has 1 aliphatic carbocycles. The molecule has 1 aromatic heterocycles. The Kier molecular flexibility index (Phi) is 4.95. The van der Waals surface area contributed by atoms with Crippen LogP contribution in [0.25, 0.3) is 0 Å². The highest BCUT2D eigenvalue weighted by Crippen LogP contribution is 2.30. The summed E-state index contributed by atoms with van der Waals surface area (Å²) < 4.78 is 0. The van der Waals surface area contributed by atoms with Crippen molar-refractivity contribution in [1.29, 1.82) is 0 Å². The lowest BCUT2D eigenvalue weighted by Crippen LogP contribution is -2.38. The number of nitrogens with two attached hydrogens (primary N) is 1. The second-order valence-corrected chi connectivity index (χ2v) is 5.61. The molecule has 1 aromatic rings. The van der Waals surface area contributed by atoms with Crippen molar-refractivity contribution in [2.45, 2.75) is 38.1 Å². The van der Waals surface area contributed by atoms with Crippen LogP contribution in [0.5, 0.6) is 0 Å². The van der Waals surface area contributed by atoms with Gasteiger partial charge in [-0.15, -0.1) is 0 Å². The maximum atomic E-state index is 11.6. The van der Waals surface area contributed by atoms with E-state index in [0.717, 1.165) is 25.7 Å². The molecule has 1 fully saturated rings. The van der Waals surface area contributed by atoms with E-state index in [1.54, 1.807) is 0 Å². The zero-order chi connectivity index (χ0) is 15.4. The summed E-state index contributed by atoms with van der Waals surface area (Å²) in [5.41, 5.74) is 5.25. The molecule has 0 aromatic carbocycles. The van der Waals surface area contributed by atoms with Crippen LogP contribution in [-0.2, 0) is 4.79 Å². The Labute approximate surface area is 127 Å². The molecular formula is C13H17ClN4O3. The van der Waals surface area contributed by atoms with Gasteiger partial charge in [0.05, 0.1) is 15.9 Å². The second-order valence-electron chi connectivity index (χ2n) is 5.18. The highest BCUT2D eigenvalue weighted by Gasteiger charge is 2.30. The van der Waals surface area contributed by atoms with Crippen molar-refractivity contribution in [1.82, 2.24) is 4.98 Å². The third-order valence-electron chi connectivity index (χ3n) is 3.73. The first-order chi connectivity index (χ1) is 9.99. The van der Waals surface area contributed by atoms with E-state index in [1.807, 2.05) is 0 Å². The lowest BCUT2D eigenvalue weighted by atomic mass is 9.94. The minimum Gasteiger partial charge on any atom is -0.369 e. The van der Waals surface area contributed by atoms with E-state index < -0.39 is 4.92 Å². The average Bonchev–Trinajstić information content (AvgIpc) is 2.66. The van der Waals surface area contributed by atoms with Gasteiger partial charge in [0.15, 0.2) is 0 Å². The van der Waals surface area contributed by atoms with Gasteiger partial charge in [-0.3, -0.25) is 14.9 Å². The number of hydrogen-bond donors (Lipinski definition) is 2. The zero-order valence-corrected chi connectivity index (χ0v) is 12.2. The van der Waals surface area contributed by atoms with Crippen LogP contribution in [0.15, 0.2) is 12.3 Å². The number of hydrogen-bond acceptors (Lipinski definition) is 5. The van der Waals surface area contributed by atoms with Crippen LogP contribution in [0.1, 0.15) is 32.1 Å². The Morgan fingerprint density at radius 3 is 2.81 bits per heavy atom. The molecule has 3 N–H and O–H groups in total. The quantitative estimate of drug-likeness (QED) is 0.504. The van der Waals surface area contributed by atoms with Crippen LogP contribution in [-0.4, -0.2) is 21.9 Å². The van der Waals surface area contributed by atoms with Gasteiger partial charge >= 0.3 is 5.69 Å². The molecule has 0 unspecified atom stereocenters. The number of rotatable bonds is 4. The largest absolute Gasteiger partial charge is 0.369 e. The monoisotopic (exact) mass is 312 g/mol. The molecule has 2 atom stereocenters. The molecule has 1 heterocycles. The fraction of sp³-hybridized carbons (Fsp3) is 0.538. The number of primary amides is 1. The maximum absolute atomic E-state index is 11.6. The number of nitro groups is 1. The number of aromatic nitrogens is 1. The molecule has 0 radical (unpaired) electrons. The standard InChI is InChI=1S/C13H17ClN4O3/c14-8-6-11(18(20)21)13(16-7-8)17-10-5-3-1-2-4-9(10)12(15)19/h6-7,9-10H,1-5H2,(H2,15,19)(H,16,17)/t9-,10+/m1/s1. The Balaban J connectivity index is 2.26. The molecule has 2 rings (SSSR count). The van der Waals surface area contributed by atoms with E-state index in [4.69, 9.17) is 17.3 Å². The van der Waals surface area contributed by atoms with E-state index in [-0.39, 0.29) is 34.4 Å². The van der Waals surface area contributed by atoms with Crippen molar-refractivity contribution >= 4 is 29.0 Å². The van der Waals surface area contributed by atoms with Gasteiger partial charge in [0.1, 0.15) is 0 Å². The minimum atomic E-state index is -0.544. The smallest absolute Gasteiger partial charge is 0.312 e. The van der Waals surface area contributed by atoms with Crippen LogP contribution < -0.4 is 11.1 Å². The van der Waals surface area contributed by atoms with Crippen molar-refractivity contribution in [2.24, 2.45) is 11.7 Å². The molecule has 7 nitrogen and oxygen atoms in total. The lowest BCUT2D eigenvalue weighted by Gasteiger charge is -2.23. The first-order valence-electron chi connectivity index (χ1n) is 6.85. The fourth-order valence-corrected chi connectivity index (χ4v) is 2.83.